The number of carbonyl (C=O) groups excluding carboxylic acids is 1. The molecular weight excluding hydrogens is 286 g/mol. The first-order chi connectivity index (χ1) is 8.85. The van der Waals surface area contributed by atoms with Crippen molar-refractivity contribution in [2.24, 2.45) is 0 Å². The summed E-state index contributed by atoms with van der Waals surface area (Å²) >= 11 is 1.63. The van der Waals surface area contributed by atoms with Gasteiger partial charge in [0, 0.05) is 43.5 Å². The van der Waals surface area contributed by atoms with Crippen LogP contribution < -0.4 is 4.90 Å². The number of carbonyl (C=O) groups is 1. The normalized spacial score (nSPS) is 16.7. The van der Waals surface area contributed by atoms with Crippen LogP contribution in [0.1, 0.15) is 4.88 Å². The van der Waals surface area contributed by atoms with Gasteiger partial charge in [0.2, 0.25) is 5.91 Å². The maximum absolute atomic E-state index is 11.8. The van der Waals surface area contributed by atoms with E-state index in [9.17, 15) is 13.2 Å². The van der Waals surface area contributed by atoms with Crippen LogP contribution >= 0.6 is 11.3 Å². The minimum absolute atomic E-state index is 0.308. The fraction of sp³-hybridized carbons (Fsp3) is 0.636. The second kappa shape index (κ2) is 5.46. The number of sulfone groups is 1. The summed E-state index contributed by atoms with van der Waals surface area (Å²) in [5.41, 5.74) is 0. The highest BCUT2D eigenvalue weighted by molar-refractivity contribution is 7.91. The summed E-state index contributed by atoms with van der Waals surface area (Å²) in [4.78, 5) is 21.0. The Morgan fingerprint density at radius 2 is 2.00 bits per heavy atom. The molecule has 1 aromatic heterocycles. The van der Waals surface area contributed by atoms with E-state index in [2.05, 4.69) is 9.88 Å². The molecule has 1 aliphatic rings. The summed E-state index contributed by atoms with van der Waals surface area (Å²) < 4.78 is 22.2. The predicted molar refractivity (Wildman–Crippen MR) is 75.4 cm³/mol. The molecule has 0 atom stereocenters. The third-order valence-electron chi connectivity index (χ3n) is 2.90. The van der Waals surface area contributed by atoms with Gasteiger partial charge in [0.25, 0.3) is 0 Å². The van der Waals surface area contributed by atoms with Gasteiger partial charge in [0.15, 0.2) is 15.0 Å². The van der Waals surface area contributed by atoms with E-state index < -0.39 is 15.6 Å². The number of thiazole rings is 1. The summed E-state index contributed by atoms with van der Waals surface area (Å²) in [7, 11) is -3.25. The van der Waals surface area contributed by atoms with E-state index in [1.165, 1.54) is 0 Å². The molecule has 1 aliphatic heterocycles. The second-order valence-corrected chi connectivity index (χ2v) is 8.04. The Hall–Kier alpha value is -1.15. The molecule has 1 fully saturated rings. The van der Waals surface area contributed by atoms with E-state index in [-0.39, 0.29) is 5.91 Å². The maximum Gasteiger partial charge on any atom is 0.237 e. The van der Waals surface area contributed by atoms with Crippen LogP contribution in [-0.4, -0.2) is 62.4 Å². The molecular formula is C11H17N3O3S2. The summed E-state index contributed by atoms with van der Waals surface area (Å²) in [5.74, 6) is -0.707. The van der Waals surface area contributed by atoms with Crippen LogP contribution in [0, 0.1) is 6.92 Å². The van der Waals surface area contributed by atoms with Crippen LogP contribution in [-0.2, 0) is 14.6 Å². The molecule has 0 aromatic carbocycles. The molecule has 106 valence electrons. The van der Waals surface area contributed by atoms with Gasteiger partial charge in [-0.05, 0) is 6.92 Å². The van der Waals surface area contributed by atoms with Crippen LogP contribution in [0.3, 0.4) is 0 Å². The Labute approximate surface area is 117 Å². The van der Waals surface area contributed by atoms with E-state index in [1.807, 2.05) is 13.1 Å². The highest BCUT2D eigenvalue weighted by Gasteiger charge is 2.24. The monoisotopic (exact) mass is 303 g/mol. The minimum atomic E-state index is -3.25. The van der Waals surface area contributed by atoms with Crippen LogP contribution in [0.4, 0.5) is 5.13 Å². The number of hydrogen-bond donors (Lipinski definition) is 0. The fourth-order valence-corrected chi connectivity index (χ4v) is 3.39. The molecule has 2 heterocycles. The number of anilines is 1. The number of rotatable bonds is 3. The largest absolute Gasteiger partial charge is 0.345 e. The lowest BCUT2D eigenvalue weighted by molar-refractivity contribution is -0.128. The highest BCUT2D eigenvalue weighted by Crippen LogP contribution is 2.22. The molecule has 1 saturated heterocycles. The zero-order valence-corrected chi connectivity index (χ0v) is 12.6. The van der Waals surface area contributed by atoms with Gasteiger partial charge in [-0.3, -0.25) is 4.79 Å². The van der Waals surface area contributed by atoms with E-state index in [0.717, 1.165) is 16.3 Å². The predicted octanol–water partition coefficient (Wildman–Crippen LogP) is 0.145. The number of nitrogens with zero attached hydrogens (tertiary/aromatic N) is 3. The van der Waals surface area contributed by atoms with Gasteiger partial charge in [-0.25, -0.2) is 13.4 Å². The van der Waals surface area contributed by atoms with E-state index >= 15 is 0 Å². The molecule has 2 rings (SSSR count). The topological polar surface area (TPSA) is 70.6 Å². The molecule has 0 N–H and O–H groups in total. The molecule has 6 nitrogen and oxygen atoms in total. The van der Waals surface area contributed by atoms with Crippen molar-refractivity contribution in [1.82, 2.24) is 9.88 Å². The van der Waals surface area contributed by atoms with Gasteiger partial charge in [0.05, 0.1) is 0 Å². The number of aromatic nitrogens is 1. The molecule has 19 heavy (non-hydrogen) atoms. The summed E-state index contributed by atoms with van der Waals surface area (Å²) in [5, 5.41) is 0.965. The van der Waals surface area contributed by atoms with E-state index in [4.69, 9.17) is 0 Å². The van der Waals surface area contributed by atoms with Crippen LogP contribution in [0.2, 0.25) is 0 Å². The maximum atomic E-state index is 11.8. The number of amides is 1. The lowest BCUT2D eigenvalue weighted by Gasteiger charge is -2.34. The first kappa shape index (κ1) is 14.3. The standard InChI is InChI=1S/C11H17N3O3S2/c1-9-7-12-11(18-9)14-5-3-13(4-6-14)10(15)8-19(2,16)17/h7H,3-6,8H2,1-2H3. The van der Waals surface area contributed by atoms with Gasteiger partial charge in [-0.2, -0.15) is 0 Å². The summed E-state index contributed by atoms with van der Waals surface area (Å²) in [6.07, 6.45) is 2.92. The molecule has 1 aromatic rings. The van der Waals surface area contributed by atoms with Crippen LogP contribution in [0.25, 0.3) is 0 Å². The van der Waals surface area contributed by atoms with Crippen molar-refractivity contribution >= 4 is 32.2 Å². The first-order valence-corrected chi connectivity index (χ1v) is 8.86. The Kier molecular flexibility index (Phi) is 4.10. The lowest BCUT2D eigenvalue weighted by atomic mass is 10.3. The smallest absolute Gasteiger partial charge is 0.237 e. The number of hydrogen-bond acceptors (Lipinski definition) is 6. The molecule has 8 heteroatoms. The first-order valence-electron chi connectivity index (χ1n) is 5.98. The van der Waals surface area contributed by atoms with Crippen molar-refractivity contribution < 1.29 is 13.2 Å². The van der Waals surface area contributed by atoms with Gasteiger partial charge >= 0.3 is 0 Å². The minimum Gasteiger partial charge on any atom is -0.345 e. The van der Waals surface area contributed by atoms with Gasteiger partial charge < -0.3 is 9.80 Å². The SMILES string of the molecule is Cc1cnc(N2CCN(C(=O)CS(C)(=O)=O)CC2)s1. The van der Waals surface area contributed by atoms with Crippen molar-refractivity contribution in [2.45, 2.75) is 6.92 Å². The zero-order chi connectivity index (χ0) is 14.0. The fourth-order valence-electron chi connectivity index (χ4n) is 1.95. The molecule has 0 saturated carbocycles. The number of piperazine rings is 1. The molecule has 0 radical (unpaired) electrons. The number of aryl methyl sites for hydroxylation is 1. The van der Waals surface area contributed by atoms with Crippen molar-refractivity contribution in [3.63, 3.8) is 0 Å². The van der Waals surface area contributed by atoms with E-state index in [0.29, 0.717) is 26.2 Å². The average Bonchev–Trinajstić information content (AvgIpc) is 2.74. The highest BCUT2D eigenvalue weighted by atomic mass is 32.2. The Balaban J connectivity index is 1.90. The van der Waals surface area contributed by atoms with Crippen molar-refractivity contribution in [1.29, 1.82) is 0 Å². The Morgan fingerprint density at radius 1 is 1.37 bits per heavy atom. The third-order valence-corrected chi connectivity index (χ3v) is 4.64. The van der Waals surface area contributed by atoms with Gasteiger partial charge in [-0.15, -0.1) is 11.3 Å². The summed E-state index contributed by atoms with van der Waals surface area (Å²) in [6.45, 7) is 4.50. The molecule has 0 bridgehead atoms. The quantitative estimate of drug-likeness (QED) is 0.794. The third kappa shape index (κ3) is 3.90. The van der Waals surface area contributed by atoms with Crippen LogP contribution in [0.15, 0.2) is 6.20 Å². The molecule has 0 spiro atoms. The Morgan fingerprint density at radius 3 is 2.47 bits per heavy atom. The Bertz CT molecular complexity index is 559. The van der Waals surface area contributed by atoms with Crippen molar-refractivity contribution in [3.05, 3.63) is 11.1 Å². The average molecular weight is 303 g/mol. The zero-order valence-electron chi connectivity index (χ0n) is 11.0. The van der Waals surface area contributed by atoms with Gasteiger partial charge in [-0.1, -0.05) is 0 Å². The summed E-state index contributed by atoms with van der Waals surface area (Å²) in [6, 6.07) is 0. The molecule has 0 aliphatic carbocycles. The molecule has 0 unspecified atom stereocenters. The molecule has 1 amide bonds. The van der Waals surface area contributed by atoms with E-state index in [1.54, 1.807) is 16.2 Å². The van der Waals surface area contributed by atoms with Crippen LogP contribution in [0.5, 0.6) is 0 Å². The second-order valence-electron chi connectivity index (χ2n) is 4.69. The van der Waals surface area contributed by atoms with Gasteiger partial charge in [0.1, 0.15) is 5.75 Å². The van der Waals surface area contributed by atoms with Crippen molar-refractivity contribution in [3.8, 4) is 0 Å². The van der Waals surface area contributed by atoms with Crippen molar-refractivity contribution in [2.75, 3.05) is 43.1 Å². The lowest BCUT2D eigenvalue weighted by Crippen LogP contribution is -2.50.